The summed E-state index contributed by atoms with van der Waals surface area (Å²) in [5.41, 5.74) is 1.34. The van der Waals surface area contributed by atoms with E-state index in [1.54, 1.807) is 73.1 Å². The minimum Gasteiger partial charge on any atom is -0.449 e. The SMILES string of the molecule is C[Si](C)(O[Si](C)(C)c1ccc2c(c1)C(=O)N(c1ccccn1)C2=O)c1ccc2c(c1)C(=O)N(c1ccccn1)C2=O. The Bertz CT molecular complexity index is 1630. The highest BCUT2D eigenvalue weighted by molar-refractivity contribution is 6.97. The highest BCUT2D eigenvalue weighted by Crippen LogP contribution is 2.29. The summed E-state index contributed by atoms with van der Waals surface area (Å²) in [4.78, 5) is 63.1. The van der Waals surface area contributed by atoms with Gasteiger partial charge in [-0.2, -0.15) is 0 Å². The summed E-state index contributed by atoms with van der Waals surface area (Å²) in [5.74, 6) is -1.05. The predicted octanol–water partition coefficient (Wildman–Crippen LogP) is 3.62. The summed E-state index contributed by atoms with van der Waals surface area (Å²) >= 11 is 0. The molecule has 4 amide bonds. The number of hydrogen-bond acceptors (Lipinski definition) is 7. The molecule has 0 spiro atoms. The monoisotopic (exact) mass is 578 g/mol. The third-order valence-electron chi connectivity index (χ3n) is 7.43. The molecule has 204 valence electrons. The second kappa shape index (κ2) is 9.51. The first-order valence-electron chi connectivity index (χ1n) is 13.1. The zero-order chi connectivity index (χ0) is 29.1. The van der Waals surface area contributed by atoms with Crippen molar-refractivity contribution in [2.24, 2.45) is 0 Å². The van der Waals surface area contributed by atoms with Gasteiger partial charge in [-0.1, -0.05) is 24.3 Å². The average molecular weight is 579 g/mol. The molecular formula is C30H26N4O5Si2. The van der Waals surface area contributed by atoms with Crippen molar-refractivity contribution >= 4 is 62.3 Å². The molecule has 0 aliphatic carbocycles. The number of rotatable bonds is 6. The van der Waals surface area contributed by atoms with Gasteiger partial charge in [0.05, 0.1) is 22.3 Å². The normalized spacial score (nSPS) is 15.0. The molecule has 2 aromatic heterocycles. The van der Waals surface area contributed by atoms with Crippen LogP contribution < -0.4 is 20.2 Å². The maximum Gasteiger partial charge on any atom is 0.267 e. The number of anilines is 2. The molecule has 9 nitrogen and oxygen atoms in total. The molecule has 2 aliphatic rings. The second-order valence-electron chi connectivity index (χ2n) is 10.9. The molecule has 0 saturated heterocycles. The van der Waals surface area contributed by atoms with Crippen LogP contribution in [0.2, 0.25) is 26.2 Å². The fourth-order valence-electron chi connectivity index (χ4n) is 5.37. The van der Waals surface area contributed by atoms with Crippen LogP contribution in [0.3, 0.4) is 0 Å². The molecule has 2 aromatic carbocycles. The molecule has 2 aliphatic heterocycles. The van der Waals surface area contributed by atoms with E-state index in [-0.39, 0.29) is 11.6 Å². The van der Waals surface area contributed by atoms with E-state index in [9.17, 15) is 19.2 Å². The third-order valence-corrected chi connectivity index (χ3v) is 14.9. The van der Waals surface area contributed by atoms with Crippen molar-refractivity contribution in [3.05, 3.63) is 107 Å². The van der Waals surface area contributed by atoms with Crippen molar-refractivity contribution in [1.29, 1.82) is 0 Å². The number of aromatic nitrogens is 2. The van der Waals surface area contributed by atoms with Crippen molar-refractivity contribution in [2.75, 3.05) is 9.80 Å². The van der Waals surface area contributed by atoms with Crippen LogP contribution in [0.25, 0.3) is 0 Å². The molecule has 41 heavy (non-hydrogen) atoms. The topological polar surface area (TPSA) is 110 Å². The van der Waals surface area contributed by atoms with Crippen LogP contribution in [0.4, 0.5) is 11.6 Å². The van der Waals surface area contributed by atoms with E-state index < -0.39 is 40.3 Å². The zero-order valence-electron chi connectivity index (χ0n) is 22.9. The third kappa shape index (κ3) is 4.34. The van der Waals surface area contributed by atoms with Gasteiger partial charge in [-0.3, -0.25) is 19.2 Å². The molecule has 0 fully saturated rings. The minimum absolute atomic E-state index is 0.285. The highest BCUT2D eigenvalue weighted by Gasteiger charge is 2.43. The average Bonchev–Trinajstić information content (AvgIpc) is 3.36. The van der Waals surface area contributed by atoms with Crippen LogP contribution in [-0.4, -0.2) is 50.2 Å². The lowest BCUT2D eigenvalue weighted by Crippen LogP contribution is -2.57. The van der Waals surface area contributed by atoms with Crippen LogP contribution >= 0.6 is 0 Å². The van der Waals surface area contributed by atoms with Crippen LogP contribution in [0, 0.1) is 0 Å². The maximum absolute atomic E-state index is 13.3. The summed E-state index contributed by atoms with van der Waals surface area (Å²) in [5, 5.41) is 1.74. The number of benzene rings is 2. The summed E-state index contributed by atoms with van der Waals surface area (Å²) in [6, 6.07) is 20.8. The molecule has 0 unspecified atom stereocenters. The Labute approximate surface area is 238 Å². The number of imide groups is 2. The van der Waals surface area contributed by atoms with Gasteiger partial charge in [0.25, 0.3) is 23.6 Å². The van der Waals surface area contributed by atoms with Crippen molar-refractivity contribution in [3.63, 3.8) is 0 Å². The molecule has 0 bridgehead atoms. The summed E-state index contributed by atoms with van der Waals surface area (Å²) in [6.45, 7) is 8.19. The Balaban J connectivity index is 1.28. The first-order chi connectivity index (χ1) is 19.5. The van der Waals surface area contributed by atoms with E-state index >= 15 is 0 Å². The summed E-state index contributed by atoms with van der Waals surface area (Å²) in [6.07, 6.45) is 3.08. The Morgan fingerprint density at radius 1 is 0.537 bits per heavy atom. The molecule has 0 N–H and O–H groups in total. The number of carbonyl (C=O) groups is 4. The lowest BCUT2D eigenvalue weighted by Gasteiger charge is -2.35. The van der Waals surface area contributed by atoms with E-state index in [4.69, 9.17) is 4.12 Å². The summed E-state index contributed by atoms with van der Waals surface area (Å²) in [7, 11) is -5.25. The molecule has 0 radical (unpaired) electrons. The van der Waals surface area contributed by atoms with Gasteiger partial charge < -0.3 is 4.12 Å². The number of carbonyl (C=O) groups excluding carboxylic acids is 4. The first-order valence-corrected chi connectivity index (χ1v) is 18.9. The van der Waals surface area contributed by atoms with Crippen molar-refractivity contribution in [2.45, 2.75) is 26.2 Å². The van der Waals surface area contributed by atoms with Crippen molar-refractivity contribution < 1.29 is 23.3 Å². The standard InChI is InChI=1S/C30H26N4O5Si2/c1-40(2,19-11-13-21-23(17-19)29(37)33(27(21)35)25-9-5-7-15-31-25)39-41(3,4)20-12-14-22-24(18-20)30(38)34(28(22)36)26-10-6-8-16-32-26/h5-18H,1-4H3. The highest BCUT2D eigenvalue weighted by atomic mass is 28.4. The minimum atomic E-state index is -2.62. The Kier molecular flexibility index (Phi) is 6.18. The summed E-state index contributed by atoms with van der Waals surface area (Å²) < 4.78 is 6.90. The van der Waals surface area contributed by atoms with E-state index in [2.05, 4.69) is 9.97 Å². The van der Waals surface area contributed by atoms with Gasteiger partial charge in [0.1, 0.15) is 11.6 Å². The largest absolute Gasteiger partial charge is 0.449 e. The number of amides is 4. The molecule has 0 saturated carbocycles. The predicted molar refractivity (Wildman–Crippen MR) is 159 cm³/mol. The molecule has 4 aromatic rings. The number of fused-ring (bicyclic) bond motifs is 2. The molecule has 11 heteroatoms. The van der Waals surface area contributed by atoms with Crippen LogP contribution in [0.15, 0.2) is 85.2 Å². The lowest BCUT2D eigenvalue weighted by atomic mass is 10.1. The Hall–Kier alpha value is -4.59. The number of nitrogens with zero attached hydrogens (tertiary/aromatic N) is 4. The van der Waals surface area contributed by atoms with Gasteiger partial charge in [0.15, 0.2) is 0 Å². The quantitative estimate of drug-likeness (QED) is 0.254. The molecule has 6 rings (SSSR count). The Morgan fingerprint density at radius 3 is 1.29 bits per heavy atom. The number of pyridine rings is 2. The van der Waals surface area contributed by atoms with Crippen LogP contribution in [0.1, 0.15) is 41.4 Å². The molecule has 0 atom stereocenters. The van der Waals surface area contributed by atoms with Gasteiger partial charge in [-0.05, 0) is 85.1 Å². The fourth-order valence-corrected chi connectivity index (χ4v) is 13.4. The lowest BCUT2D eigenvalue weighted by molar-refractivity contribution is 0.0909. The molecular weight excluding hydrogens is 553 g/mol. The van der Waals surface area contributed by atoms with E-state index in [1.807, 2.05) is 38.3 Å². The Morgan fingerprint density at radius 2 is 0.927 bits per heavy atom. The van der Waals surface area contributed by atoms with Crippen LogP contribution in [0.5, 0.6) is 0 Å². The smallest absolute Gasteiger partial charge is 0.267 e. The van der Waals surface area contributed by atoms with Gasteiger partial charge >= 0.3 is 0 Å². The van der Waals surface area contributed by atoms with Crippen molar-refractivity contribution in [1.82, 2.24) is 9.97 Å². The van der Waals surface area contributed by atoms with Crippen molar-refractivity contribution in [3.8, 4) is 0 Å². The van der Waals surface area contributed by atoms with Gasteiger partial charge in [-0.25, -0.2) is 19.8 Å². The zero-order valence-corrected chi connectivity index (χ0v) is 24.9. The van der Waals surface area contributed by atoms with E-state index in [1.165, 1.54) is 0 Å². The van der Waals surface area contributed by atoms with E-state index in [0.29, 0.717) is 22.3 Å². The maximum atomic E-state index is 13.3. The van der Waals surface area contributed by atoms with E-state index in [0.717, 1.165) is 20.2 Å². The van der Waals surface area contributed by atoms with Gasteiger partial charge in [0.2, 0.25) is 16.6 Å². The van der Waals surface area contributed by atoms with Gasteiger partial charge in [0, 0.05) is 12.4 Å². The number of hydrogen-bond donors (Lipinski definition) is 0. The van der Waals surface area contributed by atoms with Crippen LogP contribution in [-0.2, 0) is 4.12 Å². The first kappa shape index (κ1) is 26.6. The fraction of sp³-hybridized carbons (Fsp3) is 0.133. The van der Waals surface area contributed by atoms with Gasteiger partial charge in [-0.15, -0.1) is 0 Å². The molecule has 4 heterocycles. The second-order valence-corrected chi connectivity index (χ2v) is 18.9.